The lowest BCUT2D eigenvalue weighted by molar-refractivity contribution is 0.569. The maximum atomic E-state index is 2.67. The smallest absolute Gasteiger partial charge is 0.105 e. The first-order valence-corrected chi connectivity index (χ1v) is 10.2. The molecule has 0 N–H and O–H groups in total. The van der Waals surface area contributed by atoms with Gasteiger partial charge in [0.1, 0.15) is 8.22 Å². The minimum absolute atomic E-state index is 0.606. The molecule has 0 amide bonds. The second-order valence-electron chi connectivity index (χ2n) is 6.27. The normalized spacial score (nSPS) is 15.8. The summed E-state index contributed by atoms with van der Waals surface area (Å²) in [7, 11) is -0.606. The Morgan fingerprint density at radius 3 is 1.52 bits per heavy atom. The summed E-state index contributed by atoms with van der Waals surface area (Å²) in [6.45, 7) is 2.35. The molecule has 0 aromatic heterocycles. The first-order chi connectivity index (χ1) is 12.4. The van der Waals surface area contributed by atoms with E-state index in [9.17, 15) is 0 Å². The van der Waals surface area contributed by atoms with Crippen LogP contribution < -0.4 is 9.97 Å². The van der Waals surface area contributed by atoms with Gasteiger partial charge in [-0.2, -0.15) is 0 Å². The van der Waals surface area contributed by atoms with Crippen molar-refractivity contribution in [1.82, 2.24) is 4.67 Å². The molecular formula is C22H23N2P. The summed E-state index contributed by atoms with van der Waals surface area (Å²) in [6.07, 6.45) is 2.59. The number of rotatable bonds is 5. The summed E-state index contributed by atoms with van der Waals surface area (Å²) in [4.78, 5) is 0. The lowest BCUT2D eigenvalue weighted by atomic mass is 10.3. The van der Waals surface area contributed by atoms with E-state index in [0.717, 1.165) is 0 Å². The van der Waals surface area contributed by atoms with Gasteiger partial charge in [0.2, 0.25) is 0 Å². The van der Waals surface area contributed by atoms with E-state index >= 15 is 0 Å². The van der Waals surface area contributed by atoms with Crippen molar-refractivity contribution in [3.05, 3.63) is 91.0 Å². The first kappa shape index (κ1) is 16.3. The average Bonchev–Trinajstić information content (AvgIpc) is 3.22. The lowest BCUT2D eigenvalue weighted by Crippen LogP contribution is -2.29. The molecule has 4 rings (SSSR count). The molecule has 1 aliphatic rings. The van der Waals surface area contributed by atoms with Crippen molar-refractivity contribution < 1.29 is 0 Å². The SMILES string of the molecule is c1ccc(N(c2ccccc2)P(c2ccccc2)N2CCCC2)cc1. The maximum absolute atomic E-state index is 2.67. The van der Waals surface area contributed by atoms with Crippen LogP contribution in [0.4, 0.5) is 11.4 Å². The van der Waals surface area contributed by atoms with Gasteiger partial charge < -0.3 is 4.67 Å². The maximum Gasteiger partial charge on any atom is 0.105 e. The van der Waals surface area contributed by atoms with Gasteiger partial charge in [0.05, 0.1) is 0 Å². The molecule has 3 heteroatoms. The number of hydrogen-bond acceptors (Lipinski definition) is 2. The molecule has 1 unspecified atom stereocenters. The van der Waals surface area contributed by atoms with E-state index in [-0.39, 0.29) is 0 Å². The van der Waals surface area contributed by atoms with Crippen molar-refractivity contribution in [3.8, 4) is 0 Å². The van der Waals surface area contributed by atoms with Crippen LogP contribution in [0.1, 0.15) is 12.8 Å². The van der Waals surface area contributed by atoms with Crippen LogP contribution in [0.2, 0.25) is 0 Å². The van der Waals surface area contributed by atoms with Crippen LogP contribution in [0, 0.1) is 0 Å². The second kappa shape index (κ2) is 7.82. The van der Waals surface area contributed by atoms with Gasteiger partial charge in [0, 0.05) is 29.8 Å². The molecule has 25 heavy (non-hydrogen) atoms. The van der Waals surface area contributed by atoms with Gasteiger partial charge in [-0.05, 0) is 37.1 Å². The van der Waals surface area contributed by atoms with Crippen LogP contribution in [0.25, 0.3) is 0 Å². The number of hydrogen-bond donors (Lipinski definition) is 0. The van der Waals surface area contributed by atoms with Gasteiger partial charge in [0.15, 0.2) is 0 Å². The van der Waals surface area contributed by atoms with E-state index in [0.29, 0.717) is 0 Å². The quantitative estimate of drug-likeness (QED) is 0.558. The molecular weight excluding hydrogens is 323 g/mol. The van der Waals surface area contributed by atoms with E-state index in [1.807, 2.05) is 0 Å². The molecule has 3 aromatic carbocycles. The van der Waals surface area contributed by atoms with Crippen LogP contribution in [-0.2, 0) is 0 Å². The fraction of sp³-hybridized carbons (Fsp3) is 0.182. The summed E-state index contributed by atoms with van der Waals surface area (Å²) in [6, 6.07) is 32.6. The van der Waals surface area contributed by atoms with Crippen molar-refractivity contribution in [2.75, 3.05) is 17.8 Å². The Morgan fingerprint density at radius 1 is 0.600 bits per heavy atom. The van der Waals surface area contributed by atoms with Gasteiger partial charge in [-0.15, -0.1) is 0 Å². The second-order valence-corrected chi connectivity index (χ2v) is 8.33. The highest BCUT2D eigenvalue weighted by Crippen LogP contribution is 2.52. The molecule has 2 nitrogen and oxygen atoms in total. The molecule has 0 radical (unpaired) electrons. The fourth-order valence-electron chi connectivity index (χ4n) is 3.36. The van der Waals surface area contributed by atoms with Crippen LogP contribution in [-0.4, -0.2) is 17.8 Å². The molecule has 1 fully saturated rings. The Morgan fingerprint density at radius 2 is 1.04 bits per heavy atom. The number of para-hydroxylation sites is 2. The third-order valence-corrected chi connectivity index (χ3v) is 7.07. The monoisotopic (exact) mass is 346 g/mol. The molecule has 1 saturated heterocycles. The van der Waals surface area contributed by atoms with E-state index < -0.39 is 8.22 Å². The average molecular weight is 346 g/mol. The van der Waals surface area contributed by atoms with Crippen molar-refractivity contribution in [1.29, 1.82) is 0 Å². The van der Waals surface area contributed by atoms with E-state index in [1.54, 1.807) is 0 Å². The molecule has 0 bridgehead atoms. The highest BCUT2D eigenvalue weighted by Gasteiger charge is 2.30. The fourth-order valence-corrected chi connectivity index (χ4v) is 5.98. The minimum Gasteiger partial charge on any atom is -0.303 e. The Balaban J connectivity index is 1.84. The molecule has 0 spiro atoms. The van der Waals surface area contributed by atoms with Crippen molar-refractivity contribution in [3.63, 3.8) is 0 Å². The van der Waals surface area contributed by atoms with E-state index in [4.69, 9.17) is 0 Å². The highest BCUT2D eigenvalue weighted by atomic mass is 31.1. The van der Waals surface area contributed by atoms with Gasteiger partial charge in [-0.25, -0.2) is 0 Å². The van der Waals surface area contributed by atoms with Crippen LogP contribution in [0.3, 0.4) is 0 Å². The van der Waals surface area contributed by atoms with E-state index in [1.165, 1.54) is 42.6 Å². The van der Waals surface area contributed by atoms with Gasteiger partial charge >= 0.3 is 0 Å². The van der Waals surface area contributed by atoms with Crippen LogP contribution in [0.15, 0.2) is 91.0 Å². The van der Waals surface area contributed by atoms with Crippen molar-refractivity contribution in [2.45, 2.75) is 12.8 Å². The Labute approximate surface area is 151 Å². The lowest BCUT2D eigenvalue weighted by Gasteiger charge is -2.39. The molecule has 0 aliphatic carbocycles. The summed E-state index contributed by atoms with van der Waals surface area (Å²) < 4.78 is 5.21. The minimum atomic E-state index is -0.606. The first-order valence-electron chi connectivity index (χ1n) is 8.94. The third-order valence-electron chi connectivity index (χ3n) is 4.53. The topological polar surface area (TPSA) is 6.48 Å². The number of anilines is 2. The Hall–Kier alpha value is -2.15. The largest absolute Gasteiger partial charge is 0.303 e. The number of benzene rings is 3. The summed E-state index contributed by atoms with van der Waals surface area (Å²) >= 11 is 0. The summed E-state index contributed by atoms with van der Waals surface area (Å²) in [5.74, 6) is 0. The van der Waals surface area contributed by atoms with Crippen LogP contribution >= 0.6 is 8.22 Å². The standard InChI is InChI=1S/C22H23N2P/c1-4-12-20(13-5-1)24(21-14-6-2-7-15-21)25(23-18-10-11-19-23)22-16-8-3-9-17-22/h1-9,12-17H,10-11,18-19H2. The molecule has 126 valence electrons. The van der Waals surface area contributed by atoms with E-state index in [2.05, 4.69) is 100 Å². The zero-order chi connectivity index (χ0) is 16.9. The van der Waals surface area contributed by atoms with Gasteiger partial charge in [-0.3, -0.25) is 4.67 Å². The summed E-state index contributed by atoms with van der Waals surface area (Å²) in [5.41, 5.74) is 2.52. The van der Waals surface area contributed by atoms with Gasteiger partial charge in [-0.1, -0.05) is 66.7 Å². The molecule has 1 aliphatic heterocycles. The molecule has 3 aromatic rings. The van der Waals surface area contributed by atoms with Crippen LogP contribution in [0.5, 0.6) is 0 Å². The molecule has 1 atom stereocenters. The number of nitrogens with zero attached hydrogens (tertiary/aromatic N) is 2. The van der Waals surface area contributed by atoms with Gasteiger partial charge in [0.25, 0.3) is 0 Å². The zero-order valence-electron chi connectivity index (χ0n) is 14.3. The summed E-state index contributed by atoms with van der Waals surface area (Å²) in [5, 5.41) is 1.41. The molecule has 1 heterocycles. The third kappa shape index (κ3) is 3.61. The molecule has 0 saturated carbocycles. The Kier molecular flexibility index (Phi) is 5.11. The van der Waals surface area contributed by atoms with Crippen molar-refractivity contribution in [2.24, 2.45) is 0 Å². The zero-order valence-corrected chi connectivity index (χ0v) is 15.2. The Bertz CT molecular complexity index is 731. The van der Waals surface area contributed by atoms with Crippen molar-refractivity contribution >= 4 is 24.9 Å². The predicted molar refractivity (Wildman–Crippen MR) is 109 cm³/mol. The predicted octanol–water partition coefficient (Wildman–Crippen LogP) is 5.56. The highest BCUT2D eigenvalue weighted by molar-refractivity contribution is 7.65.